The number of nitrogens with zero attached hydrogens (tertiary/aromatic N) is 3. The van der Waals surface area contributed by atoms with Crippen LogP contribution in [0.5, 0.6) is 0 Å². The Hall–Kier alpha value is -8.54. The summed E-state index contributed by atoms with van der Waals surface area (Å²) in [7, 11) is 0. The highest BCUT2D eigenvalue weighted by Gasteiger charge is 2.16. The van der Waals surface area contributed by atoms with Gasteiger partial charge in [-0.3, -0.25) is 0 Å². The number of benzene rings is 10. The lowest BCUT2D eigenvalue weighted by Gasteiger charge is -2.26. The Morgan fingerprint density at radius 3 is 1.05 bits per heavy atom. The minimum absolute atomic E-state index is 0.622. The highest BCUT2D eigenvalue weighted by Crippen LogP contribution is 2.39. The Morgan fingerprint density at radius 2 is 0.603 bits per heavy atom. The van der Waals surface area contributed by atoms with Gasteiger partial charge in [0.1, 0.15) is 11.0 Å². The van der Waals surface area contributed by atoms with E-state index >= 15 is 0 Å². The number of oxazole rings is 2. The second-order valence-electron chi connectivity index (χ2n) is 15.9. The van der Waals surface area contributed by atoms with Gasteiger partial charge in [0.25, 0.3) is 0 Å². The fourth-order valence-corrected chi connectivity index (χ4v) is 8.58. The van der Waals surface area contributed by atoms with E-state index in [1.807, 2.05) is 48.5 Å². The fraction of sp³-hybridized carbons (Fsp3) is 0. The molecule has 0 saturated carbocycles. The molecule has 0 amide bonds. The summed E-state index contributed by atoms with van der Waals surface area (Å²) in [5.74, 6) is 1.24. The van der Waals surface area contributed by atoms with Crippen molar-refractivity contribution in [1.29, 1.82) is 0 Å². The molecule has 0 fully saturated rings. The van der Waals surface area contributed by atoms with Crippen LogP contribution in [0.25, 0.3) is 100 Å². The molecule has 12 aromatic rings. The molecule has 0 saturated heterocycles. The predicted molar refractivity (Wildman–Crippen MR) is 258 cm³/mol. The van der Waals surface area contributed by atoms with Crippen molar-refractivity contribution in [2.45, 2.75) is 0 Å². The normalized spacial score (nSPS) is 11.5. The van der Waals surface area contributed by atoms with E-state index in [0.29, 0.717) is 11.8 Å². The molecule has 2 heterocycles. The summed E-state index contributed by atoms with van der Waals surface area (Å²) in [4.78, 5) is 11.7. The Bertz CT molecular complexity index is 3360. The number of fused-ring (bicyclic) bond motifs is 4. The number of para-hydroxylation sites is 4. The molecule has 0 N–H and O–H groups in total. The van der Waals surface area contributed by atoms with Crippen LogP contribution in [0.2, 0.25) is 0 Å². The van der Waals surface area contributed by atoms with E-state index in [2.05, 4.69) is 191 Å². The van der Waals surface area contributed by atoms with E-state index in [1.54, 1.807) is 0 Å². The highest BCUT2D eigenvalue weighted by atomic mass is 16.4. The predicted octanol–water partition coefficient (Wildman–Crippen LogP) is 16.1. The topological polar surface area (TPSA) is 55.3 Å². The molecule has 5 heteroatoms. The number of aromatic nitrogens is 2. The molecule has 0 spiro atoms. The number of anilines is 3. The van der Waals surface area contributed by atoms with Crippen molar-refractivity contribution in [3.05, 3.63) is 224 Å². The Labute approximate surface area is 363 Å². The molecule has 2 aromatic heterocycles. The van der Waals surface area contributed by atoms with Crippen LogP contribution in [0.4, 0.5) is 17.1 Å². The molecule has 0 aliphatic carbocycles. The van der Waals surface area contributed by atoms with Crippen LogP contribution in [-0.2, 0) is 0 Å². The molecule has 0 atom stereocenters. The smallest absolute Gasteiger partial charge is 0.227 e. The first-order valence-electron chi connectivity index (χ1n) is 21.1. The third-order valence-corrected chi connectivity index (χ3v) is 11.9. The van der Waals surface area contributed by atoms with Gasteiger partial charge in [0, 0.05) is 28.2 Å². The van der Waals surface area contributed by atoms with E-state index in [0.717, 1.165) is 72.6 Å². The zero-order valence-electron chi connectivity index (χ0n) is 34.0. The lowest BCUT2D eigenvalue weighted by Crippen LogP contribution is -2.09. The summed E-state index contributed by atoms with van der Waals surface area (Å²) in [6.07, 6.45) is 0. The molecule has 0 aliphatic rings. The number of hydrogen-bond acceptors (Lipinski definition) is 5. The molecule has 0 bridgehead atoms. The van der Waals surface area contributed by atoms with E-state index in [1.165, 1.54) is 32.7 Å². The van der Waals surface area contributed by atoms with Crippen molar-refractivity contribution in [1.82, 2.24) is 9.97 Å². The van der Waals surface area contributed by atoms with Gasteiger partial charge in [-0.25, -0.2) is 9.97 Å². The van der Waals surface area contributed by atoms with E-state index in [-0.39, 0.29) is 0 Å². The monoisotopic (exact) mass is 807 g/mol. The first kappa shape index (κ1) is 36.3. The van der Waals surface area contributed by atoms with Crippen LogP contribution < -0.4 is 4.90 Å². The van der Waals surface area contributed by atoms with E-state index in [4.69, 9.17) is 8.83 Å². The van der Waals surface area contributed by atoms with Crippen LogP contribution in [0.15, 0.2) is 233 Å². The van der Waals surface area contributed by atoms with Gasteiger partial charge in [-0.1, -0.05) is 121 Å². The minimum atomic E-state index is 0.622. The third kappa shape index (κ3) is 6.88. The van der Waals surface area contributed by atoms with Crippen LogP contribution in [0, 0.1) is 0 Å². The summed E-state index contributed by atoms with van der Waals surface area (Å²) in [6.45, 7) is 0. The summed E-state index contributed by atoms with van der Waals surface area (Å²) in [5.41, 5.74) is 15.2. The number of hydrogen-bond donors (Lipinski definition) is 0. The van der Waals surface area contributed by atoms with Gasteiger partial charge >= 0.3 is 0 Å². The fourth-order valence-electron chi connectivity index (χ4n) is 8.58. The van der Waals surface area contributed by atoms with Crippen LogP contribution in [0.1, 0.15) is 0 Å². The molecule has 296 valence electrons. The van der Waals surface area contributed by atoms with Crippen molar-refractivity contribution in [3.8, 4) is 56.3 Å². The van der Waals surface area contributed by atoms with Crippen molar-refractivity contribution in [3.63, 3.8) is 0 Å². The zero-order valence-corrected chi connectivity index (χ0v) is 34.0. The van der Waals surface area contributed by atoms with Gasteiger partial charge in [-0.2, -0.15) is 0 Å². The zero-order chi connectivity index (χ0) is 41.7. The van der Waals surface area contributed by atoms with Crippen molar-refractivity contribution < 1.29 is 8.83 Å². The molecule has 0 radical (unpaired) electrons. The molecule has 5 nitrogen and oxygen atoms in total. The average Bonchev–Trinajstić information content (AvgIpc) is 4.00. The third-order valence-electron chi connectivity index (χ3n) is 11.9. The summed E-state index contributed by atoms with van der Waals surface area (Å²) in [6, 6.07) is 78.8. The standard InChI is InChI=1S/C58H37N3O2/c1-2-8-46-36-49-37-47(21-22-48(49)35-45(46)7-1)42-27-33-52(34-28-42)61(50-29-23-40(24-30-50)38-13-17-43(18-14-38)57-59-53-9-3-5-11-55(53)62-57)51-31-25-41(26-32-51)39-15-19-44(20-16-39)58-60-54-10-4-6-12-56(54)63-58/h1-37H. The lowest BCUT2D eigenvalue weighted by atomic mass is 9.98. The maximum Gasteiger partial charge on any atom is 0.227 e. The van der Waals surface area contributed by atoms with Gasteiger partial charge in [-0.05, 0) is 158 Å². The van der Waals surface area contributed by atoms with Gasteiger partial charge in [0.15, 0.2) is 11.2 Å². The van der Waals surface area contributed by atoms with Gasteiger partial charge in [0.2, 0.25) is 11.8 Å². The van der Waals surface area contributed by atoms with Crippen molar-refractivity contribution in [2.24, 2.45) is 0 Å². The quantitative estimate of drug-likeness (QED) is 0.143. The SMILES string of the molecule is c1ccc2cc3cc(-c4ccc(N(c5ccc(-c6ccc(-c7nc8ccccc8o7)cc6)cc5)c5ccc(-c6ccc(-c7nc8ccccc8o7)cc6)cc5)cc4)ccc3cc2c1. The van der Waals surface area contributed by atoms with Crippen LogP contribution in [-0.4, -0.2) is 9.97 Å². The first-order valence-corrected chi connectivity index (χ1v) is 21.1. The minimum Gasteiger partial charge on any atom is -0.436 e. The Balaban J connectivity index is 0.858. The molecule has 12 rings (SSSR count). The average molecular weight is 808 g/mol. The Kier molecular flexibility index (Phi) is 8.75. The van der Waals surface area contributed by atoms with E-state index < -0.39 is 0 Å². The molecular formula is C58H37N3O2. The summed E-state index contributed by atoms with van der Waals surface area (Å²) >= 11 is 0. The molecule has 0 aliphatic heterocycles. The van der Waals surface area contributed by atoms with E-state index in [9.17, 15) is 0 Å². The molecule has 10 aromatic carbocycles. The summed E-state index contributed by atoms with van der Waals surface area (Å²) in [5, 5.41) is 4.98. The molecule has 0 unspecified atom stereocenters. The second kappa shape index (κ2) is 15.2. The maximum absolute atomic E-state index is 6.03. The van der Waals surface area contributed by atoms with Crippen LogP contribution >= 0.6 is 0 Å². The maximum atomic E-state index is 6.03. The van der Waals surface area contributed by atoms with Crippen molar-refractivity contribution in [2.75, 3.05) is 4.90 Å². The van der Waals surface area contributed by atoms with Crippen LogP contribution in [0.3, 0.4) is 0 Å². The molecular weight excluding hydrogens is 771 g/mol. The number of rotatable bonds is 8. The van der Waals surface area contributed by atoms with Gasteiger partial charge in [-0.15, -0.1) is 0 Å². The lowest BCUT2D eigenvalue weighted by molar-refractivity contribution is 0.619. The second-order valence-corrected chi connectivity index (χ2v) is 15.9. The van der Waals surface area contributed by atoms with Gasteiger partial charge in [0.05, 0.1) is 0 Å². The molecule has 63 heavy (non-hydrogen) atoms. The van der Waals surface area contributed by atoms with Gasteiger partial charge < -0.3 is 13.7 Å². The largest absolute Gasteiger partial charge is 0.436 e. The summed E-state index contributed by atoms with van der Waals surface area (Å²) < 4.78 is 12.1. The van der Waals surface area contributed by atoms with Crippen molar-refractivity contribution >= 4 is 60.8 Å². The first-order chi connectivity index (χ1) is 31.1. The highest BCUT2D eigenvalue weighted by molar-refractivity contribution is 6.00. The Morgan fingerprint density at radius 1 is 0.270 bits per heavy atom.